The van der Waals surface area contributed by atoms with Crippen LogP contribution in [-0.4, -0.2) is 20.7 Å². The largest absolute Gasteiger partial charge is 0.465 e. The summed E-state index contributed by atoms with van der Waals surface area (Å²) in [6.07, 6.45) is 2.05. The van der Waals surface area contributed by atoms with Crippen LogP contribution in [0.15, 0.2) is 10.5 Å². The highest BCUT2D eigenvalue weighted by atomic mass is 16.3. The topological polar surface area (TPSA) is 73.0 Å². The van der Waals surface area contributed by atoms with Gasteiger partial charge in [-0.25, -0.2) is 0 Å². The number of hydrogen-bond acceptors (Lipinski definition) is 4. The normalized spacial score (nSPS) is 15.5. The lowest BCUT2D eigenvalue weighted by Gasteiger charge is -2.14. The summed E-state index contributed by atoms with van der Waals surface area (Å²) in [6, 6.07) is 1.65. The Kier molecular flexibility index (Phi) is 3.78. The van der Waals surface area contributed by atoms with E-state index in [0.29, 0.717) is 11.3 Å². The maximum Gasteiger partial charge on any atom is 0.255 e. The summed E-state index contributed by atoms with van der Waals surface area (Å²) in [5.41, 5.74) is 0.464. The monoisotopic (exact) mass is 316 g/mol. The van der Waals surface area contributed by atoms with Gasteiger partial charge in [-0.2, -0.15) is 0 Å². The highest BCUT2D eigenvalue weighted by Gasteiger charge is 2.26. The fraction of sp³-hybridized carbons (Fsp3) is 0.588. The van der Waals surface area contributed by atoms with Gasteiger partial charge in [-0.15, -0.1) is 10.2 Å². The molecule has 2 aromatic heterocycles. The van der Waals surface area contributed by atoms with Crippen molar-refractivity contribution < 1.29 is 9.21 Å². The second-order valence-electron chi connectivity index (χ2n) is 7.26. The SMILES string of the molecule is Cc1oc(C(C)(C)C)cc1C(=O)NC(C)c1nnc2n1CCC2. The number of carbonyl (C=O) groups is 1. The van der Waals surface area contributed by atoms with Gasteiger partial charge in [0.2, 0.25) is 0 Å². The quantitative estimate of drug-likeness (QED) is 0.945. The van der Waals surface area contributed by atoms with Gasteiger partial charge in [0.15, 0.2) is 5.82 Å². The maximum atomic E-state index is 12.6. The summed E-state index contributed by atoms with van der Waals surface area (Å²) in [5, 5.41) is 11.4. The smallest absolute Gasteiger partial charge is 0.255 e. The average Bonchev–Trinajstić information content (AvgIpc) is 3.10. The molecule has 0 radical (unpaired) electrons. The number of rotatable bonds is 3. The number of aryl methyl sites for hydroxylation is 2. The van der Waals surface area contributed by atoms with Crippen molar-refractivity contribution >= 4 is 5.91 Å². The molecule has 0 spiro atoms. The number of amides is 1. The van der Waals surface area contributed by atoms with Gasteiger partial charge in [0, 0.05) is 18.4 Å². The van der Waals surface area contributed by atoms with Crippen LogP contribution < -0.4 is 5.32 Å². The summed E-state index contributed by atoms with van der Waals surface area (Å²) in [4.78, 5) is 12.6. The van der Waals surface area contributed by atoms with Gasteiger partial charge in [-0.05, 0) is 26.3 Å². The first-order valence-electron chi connectivity index (χ1n) is 8.11. The molecule has 6 heteroatoms. The molecular weight excluding hydrogens is 292 g/mol. The Balaban J connectivity index is 1.78. The van der Waals surface area contributed by atoms with Gasteiger partial charge >= 0.3 is 0 Å². The lowest BCUT2D eigenvalue weighted by atomic mass is 9.93. The van der Waals surface area contributed by atoms with Crippen molar-refractivity contribution in [2.24, 2.45) is 0 Å². The molecule has 0 bridgehead atoms. The Morgan fingerprint density at radius 1 is 1.39 bits per heavy atom. The predicted octanol–water partition coefficient (Wildman–Crippen LogP) is 2.91. The molecule has 0 aliphatic carbocycles. The van der Waals surface area contributed by atoms with Crippen LogP contribution in [0.2, 0.25) is 0 Å². The van der Waals surface area contributed by atoms with E-state index in [1.807, 2.05) is 19.9 Å². The highest BCUT2D eigenvalue weighted by Crippen LogP contribution is 2.27. The molecule has 0 saturated carbocycles. The van der Waals surface area contributed by atoms with Crippen LogP contribution in [0, 0.1) is 6.92 Å². The van der Waals surface area contributed by atoms with E-state index in [9.17, 15) is 4.79 Å². The van der Waals surface area contributed by atoms with E-state index in [1.54, 1.807) is 0 Å². The molecule has 1 N–H and O–H groups in total. The lowest BCUT2D eigenvalue weighted by molar-refractivity contribution is 0.0936. The minimum absolute atomic E-state index is 0.122. The fourth-order valence-electron chi connectivity index (χ4n) is 2.91. The van der Waals surface area contributed by atoms with E-state index in [2.05, 4.69) is 40.9 Å². The molecule has 1 amide bonds. The Morgan fingerprint density at radius 3 is 2.78 bits per heavy atom. The number of nitrogens with zero attached hydrogens (tertiary/aromatic N) is 3. The van der Waals surface area contributed by atoms with Crippen LogP contribution >= 0.6 is 0 Å². The average molecular weight is 316 g/mol. The van der Waals surface area contributed by atoms with Crippen LogP contribution in [0.5, 0.6) is 0 Å². The van der Waals surface area contributed by atoms with Crippen molar-refractivity contribution in [3.05, 3.63) is 34.8 Å². The predicted molar refractivity (Wildman–Crippen MR) is 86.4 cm³/mol. The van der Waals surface area contributed by atoms with E-state index in [1.165, 1.54) is 0 Å². The molecule has 0 saturated heterocycles. The molecule has 1 aliphatic rings. The zero-order chi connectivity index (χ0) is 16.8. The van der Waals surface area contributed by atoms with Crippen LogP contribution in [0.4, 0.5) is 0 Å². The molecule has 3 rings (SSSR count). The first-order chi connectivity index (χ1) is 10.8. The minimum atomic E-state index is -0.186. The molecule has 3 heterocycles. The van der Waals surface area contributed by atoms with E-state index in [0.717, 1.165) is 36.8 Å². The van der Waals surface area contributed by atoms with Crippen molar-refractivity contribution in [2.45, 2.75) is 65.5 Å². The third-order valence-corrected chi connectivity index (χ3v) is 4.27. The second kappa shape index (κ2) is 5.51. The van der Waals surface area contributed by atoms with Gasteiger partial charge < -0.3 is 14.3 Å². The number of furan rings is 1. The van der Waals surface area contributed by atoms with Crippen LogP contribution in [0.3, 0.4) is 0 Å². The van der Waals surface area contributed by atoms with Crippen molar-refractivity contribution in [1.82, 2.24) is 20.1 Å². The van der Waals surface area contributed by atoms with Crippen LogP contribution in [0.1, 0.15) is 73.7 Å². The molecule has 2 aromatic rings. The molecule has 1 unspecified atom stereocenters. The highest BCUT2D eigenvalue weighted by molar-refractivity contribution is 5.95. The Labute approximate surface area is 136 Å². The van der Waals surface area contributed by atoms with Crippen LogP contribution in [-0.2, 0) is 18.4 Å². The lowest BCUT2D eigenvalue weighted by Crippen LogP contribution is -2.28. The number of carbonyl (C=O) groups excluding carboxylic acids is 1. The number of nitrogens with one attached hydrogen (secondary N) is 1. The van der Waals surface area contributed by atoms with Crippen molar-refractivity contribution in [2.75, 3.05) is 0 Å². The molecular formula is C17H24N4O2. The van der Waals surface area contributed by atoms with Gasteiger partial charge in [-0.1, -0.05) is 20.8 Å². The number of fused-ring (bicyclic) bond motifs is 1. The Morgan fingerprint density at radius 2 is 2.13 bits per heavy atom. The molecule has 6 nitrogen and oxygen atoms in total. The van der Waals surface area contributed by atoms with E-state index >= 15 is 0 Å². The first kappa shape index (κ1) is 15.8. The summed E-state index contributed by atoms with van der Waals surface area (Å²) < 4.78 is 7.86. The molecule has 124 valence electrons. The standard InChI is InChI=1S/C17H24N4O2/c1-10(15-20-19-14-7-6-8-21(14)15)18-16(22)12-9-13(17(3,4)5)23-11(12)2/h9-10H,6-8H2,1-5H3,(H,18,22). The fourth-order valence-corrected chi connectivity index (χ4v) is 2.91. The van der Waals surface area contributed by atoms with E-state index in [-0.39, 0.29) is 17.4 Å². The first-order valence-corrected chi connectivity index (χ1v) is 8.11. The van der Waals surface area contributed by atoms with E-state index < -0.39 is 0 Å². The van der Waals surface area contributed by atoms with Gasteiger partial charge in [0.05, 0.1) is 11.6 Å². The van der Waals surface area contributed by atoms with E-state index in [4.69, 9.17) is 4.42 Å². The number of hydrogen-bond donors (Lipinski definition) is 1. The summed E-state index contributed by atoms with van der Waals surface area (Å²) >= 11 is 0. The third-order valence-electron chi connectivity index (χ3n) is 4.27. The summed E-state index contributed by atoms with van der Waals surface area (Å²) in [6.45, 7) is 10.9. The maximum absolute atomic E-state index is 12.6. The minimum Gasteiger partial charge on any atom is -0.465 e. The Hall–Kier alpha value is -2.11. The van der Waals surface area contributed by atoms with Gasteiger partial charge in [0.25, 0.3) is 5.91 Å². The molecule has 23 heavy (non-hydrogen) atoms. The second-order valence-corrected chi connectivity index (χ2v) is 7.26. The molecule has 1 atom stereocenters. The van der Waals surface area contributed by atoms with Crippen molar-refractivity contribution in [3.63, 3.8) is 0 Å². The molecule has 1 aliphatic heterocycles. The van der Waals surface area contributed by atoms with Gasteiger partial charge in [-0.3, -0.25) is 4.79 Å². The summed E-state index contributed by atoms with van der Waals surface area (Å²) in [7, 11) is 0. The third kappa shape index (κ3) is 2.90. The number of aromatic nitrogens is 3. The summed E-state index contributed by atoms with van der Waals surface area (Å²) in [5.74, 6) is 3.16. The zero-order valence-electron chi connectivity index (χ0n) is 14.4. The van der Waals surface area contributed by atoms with Crippen LogP contribution in [0.25, 0.3) is 0 Å². The van der Waals surface area contributed by atoms with Crippen molar-refractivity contribution in [3.8, 4) is 0 Å². The van der Waals surface area contributed by atoms with Gasteiger partial charge in [0.1, 0.15) is 17.3 Å². The zero-order valence-corrected chi connectivity index (χ0v) is 14.4. The molecule has 0 aromatic carbocycles. The molecule has 0 fully saturated rings. The Bertz CT molecular complexity index is 736. The van der Waals surface area contributed by atoms with Crippen molar-refractivity contribution in [1.29, 1.82) is 0 Å².